The van der Waals surface area contributed by atoms with Crippen LogP contribution in [0, 0.1) is 11.3 Å². The van der Waals surface area contributed by atoms with E-state index in [1.165, 1.54) is 12.1 Å². The van der Waals surface area contributed by atoms with Crippen LogP contribution in [0.1, 0.15) is 18.4 Å². The number of halogens is 1. The van der Waals surface area contributed by atoms with E-state index in [1.54, 1.807) is 6.07 Å². The van der Waals surface area contributed by atoms with Gasteiger partial charge in [-0.05, 0) is 44.1 Å². The van der Waals surface area contributed by atoms with Crippen LogP contribution in [-0.2, 0) is 4.79 Å². The normalized spacial score (nSPS) is 16.6. The number of carbonyl (C=O) groups excluding carboxylic acids is 1. The monoisotopic (exact) mass is 293 g/mol. The molecule has 1 atom stereocenters. The van der Waals surface area contributed by atoms with Crippen molar-refractivity contribution in [1.29, 1.82) is 5.26 Å². The number of nitrogens with zero attached hydrogens (tertiary/aromatic N) is 2. The van der Waals surface area contributed by atoms with Gasteiger partial charge in [0.05, 0.1) is 10.6 Å². The molecule has 0 aromatic heterocycles. The molecule has 1 amide bonds. The average molecular weight is 294 g/mol. The first-order valence-corrected chi connectivity index (χ1v) is 6.89. The van der Waals surface area contributed by atoms with Gasteiger partial charge in [0.25, 0.3) is 5.91 Å². The van der Waals surface area contributed by atoms with E-state index in [4.69, 9.17) is 16.9 Å². The van der Waals surface area contributed by atoms with E-state index in [1.807, 2.05) is 6.07 Å². The quantitative estimate of drug-likeness (QED) is 0.884. The summed E-state index contributed by atoms with van der Waals surface area (Å²) >= 11 is 5.89. The molecule has 1 saturated heterocycles. The Labute approximate surface area is 122 Å². The summed E-state index contributed by atoms with van der Waals surface area (Å²) in [6, 6.07) is 6.57. The summed E-state index contributed by atoms with van der Waals surface area (Å²) in [6.45, 7) is 2.19. The molecule has 0 spiro atoms. The molecule has 0 radical (unpaired) electrons. The van der Waals surface area contributed by atoms with E-state index in [0.717, 1.165) is 25.9 Å². The number of hydrogen-bond donors (Lipinski definition) is 2. The highest BCUT2D eigenvalue weighted by Gasteiger charge is 2.21. The maximum atomic E-state index is 11.9. The molecule has 1 aliphatic rings. The van der Waals surface area contributed by atoms with Crippen molar-refractivity contribution in [1.82, 2.24) is 4.90 Å². The second-order valence-corrected chi connectivity index (χ2v) is 5.23. The summed E-state index contributed by atoms with van der Waals surface area (Å²) in [7, 11) is 0. The molecule has 1 unspecified atom stereocenters. The predicted octanol–water partition coefficient (Wildman–Crippen LogP) is 1.61. The molecule has 0 saturated carbocycles. The number of benzene rings is 1. The zero-order valence-electron chi connectivity index (χ0n) is 11.0. The van der Waals surface area contributed by atoms with Gasteiger partial charge in [-0.15, -0.1) is 0 Å². The maximum Gasteiger partial charge on any atom is 0.254 e. The molecular weight excluding hydrogens is 278 g/mol. The zero-order chi connectivity index (χ0) is 14.5. The van der Waals surface area contributed by atoms with E-state index in [2.05, 4.69) is 10.2 Å². The van der Waals surface area contributed by atoms with Crippen molar-refractivity contribution in [2.45, 2.75) is 18.9 Å². The van der Waals surface area contributed by atoms with Crippen LogP contribution < -0.4 is 5.32 Å². The van der Waals surface area contributed by atoms with Gasteiger partial charge in [0, 0.05) is 12.2 Å². The first kappa shape index (κ1) is 14.8. The molecule has 2 rings (SSSR count). The minimum Gasteiger partial charge on any atom is -0.382 e. The van der Waals surface area contributed by atoms with E-state index in [-0.39, 0.29) is 5.02 Å². The smallest absolute Gasteiger partial charge is 0.254 e. The molecule has 1 aromatic rings. The van der Waals surface area contributed by atoms with E-state index >= 15 is 0 Å². The fraction of sp³-hybridized carbons (Fsp3) is 0.429. The van der Waals surface area contributed by atoms with Gasteiger partial charge in [-0.1, -0.05) is 11.6 Å². The second-order valence-electron chi connectivity index (χ2n) is 4.82. The fourth-order valence-electron chi connectivity index (χ4n) is 2.20. The molecule has 1 fully saturated rings. The van der Waals surface area contributed by atoms with Crippen molar-refractivity contribution in [2.75, 3.05) is 25.0 Å². The minimum absolute atomic E-state index is 0.277. The summed E-state index contributed by atoms with van der Waals surface area (Å²) in [6.07, 6.45) is 1.15. The van der Waals surface area contributed by atoms with Gasteiger partial charge in [0.2, 0.25) is 0 Å². The predicted molar refractivity (Wildman–Crippen MR) is 76.5 cm³/mol. The number of hydrogen-bond acceptors (Lipinski definition) is 4. The maximum absolute atomic E-state index is 11.9. The van der Waals surface area contributed by atoms with Gasteiger partial charge in [-0.25, -0.2) is 0 Å². The van der Waals surface area contributed by atoms with Crippen LogP contribution in [0.5, 0.6) is 0 Å². The Morgan fingerprint density at radius 1 is 1.50 bits per heavy atom. The zero-order valence-corrected chi connectivity index (χ0v) is 11.7. The Kier molecular flexibility index (Phi) is 4.96. The Hall–Kier alpha value is -1.61. The van der Waals surface area contributed by atoms with Crippen molar-refractivity contribution in [3.8, 4) is 6.07 Å². The molecule has 1 aliphatic heterocycles. The van der Waals surface area contributed by atoms with Gasteiger partial charge in [0.15, 0.2) is 0 Å². The van der Waals surface area contributed by atoms with E-state index in [9.17, 15) is 9.90 Å². The number of carbonyl (C=O) groups is 1. The number of rotatable bonds is 4. The topological polar surface area (TPSA) is 76.4 Å². The first-order valence-electron chi connectivity index (χ1n) is 6.51. The fourth-order valence-corrected chi connectivity index (χ4v) is 2.42. The van der Waals surface area contributed by atoms with Crippen LogP contribution >= 0.6 is 11.6 Å². The lowest BCUT2D eigenvalue weighted by molar-refractivity contribution is -0.124. The Balaban J connectivity index is 1.93. The number of likely N-dealkylation sites (tertiary alicyclic amines) is 1. The summed E-state index contributed by atoms with van der Waals surface area (Å²) in [4.78, 5) is 13.9. The van der Waals surface area contributed by atoms with E-state index < -0.39 is 12.0 Å². The Morgan fingerprint density at radius 3 is 2.80 bits per heavy atom. The molecule has 0 aliphatic carbocycles. The lowest BCUT2D eigenvalue weighted by atomic mass is 10.2. The number of anilines is 1. The van der Waals surface area contributed by atoms with Crippen molar-refractivity contribution in [3.05, 3.63) is 28.8 Å². The molecule has 106 valence electrons. The lowest BCUT2D eigenvalue weighted by Crippen LogP contribution is -2.38. The number of amides is 1. The van der Waals surface area contributed by atoms with Gasteiger partial charge in [0.1, 0.15) is 12.2 Å². The number of aliphatic hydroxyl groups excluding tert-OH is 1. The SMILES string of the molecule is N#Cc1ccc(NC(=O)C(O)CN2CCCC2)cc1Cl. The summed E-state index contributed by atoms with van der Waals surface area (Å²) in [5.74, 6) is -0.460. The molecular formula is C14H16ClN3O2. The van der Waals surface area contributed by atoms with Gasteiger partial charge in [-0.3, -0.25) is 4.79 Å². The number of nitrogens with one attached hydrogen (secondary N) is 1. The molecule has 5 nitrogen and oxygen atoms in total. The number of β-amino-alcohol motifs (C(OH)–C–C–N with tert-alkyl or cyclic N) is 1. The van der Waals surface area contributed by atoms with Gasteiger partial charge in [-0.2, -0.15) is 5.26 Å². The number of aliphatic hydroxyl groups is 1. The molecule has 20 heavy (non-hydrogen) atoms. The van der Waals surface area contributed by atoms with Crippen LogP contribution in [-0.4, -0.2) is 41.7 Å². The van der Waals surface area contributed by atoms with Crippen molar-refractivity contribution in [2.24, 2.45) is 0 Å². The average Bonchev–Trinajstić information content (AvgIpc) is 2.91. The van der Waals surface area contributed by atoms with Crippen molar-refractivity contribution in [3.63, 3.8) is 0 Å². The van der Waals surface area contributed by atoms with Crippen molar-refractivity contribution < 1.29 is 9.90 Å². The Bertz CT molecular complexity index is 536. The third-order valence-corrected chi connectivity index (χ3v) is 3.60. The summed E-state index contributed by atoms with van der Waals surface area (Å²) in [5.41, 5.74) is 0.821. The highest BCUT2D eigenvalue weighted by atomic mass is 35.5. The Morgan fingerprint density at radius 2 is 2.20 bits per heavy atom. The molecule has 1 heterocycles. The highest BCUT2D eigenvalue weighted by molar-refractivity contribution is 6.32. The molecule has 0 bridgehead atoms. The molecule has 6 heteroatoms. The highest BCUT2D eigenvalue weighted by Crippen LogP contribution is 2.20. The minimum atomic E-state index is -1.07. The largest absolute Gasteiger partial charge is 0.382 e. The number of nitriles is 1. The van der Waals surface area contributed by atoms with Crippen LogP contribution in [0.4, 0.5) is 5.69 Å². The van der Waals surface area contributed by atoms with Crippen LogP contribution in [0.2, 0.25) is 5.02 Å². The standard InChI is InChI=1S/C14H16ClN3O2/c15-12-7-11(4-3-10(12)8-16)17-14(20)13(19)9-18-5-1-2-6-18/h3-4,7,13,19H,1-2,5-6,9H2,(H,17,20). The molecule has 2 N–H and O–H groups in total. The van der Waals surface area contributed by atoms with Crippen LogP contribution in [0.3, 0.4) is 0 Å². The summed E-state index contributed by atoms with van der Waals surface area (Å²) < 4.78 is 0. The van der Waals surface area contributed by atoms with E-state index in [0.29, 0.717) is 17.8 Å². The third-order valence-electron chi connectivity index (χ3n) is 3.29. The van der Waals surface area contributed by atoms with Crippen LogP contribution in [0.25, 0.3) is 0 Å². The van der Waals surface area contributed by atoms with Gasteiger partial charge < -0.3 is 15.3 Å². The lowest BCUT2D eigenvalue weighted by Gasteiger charge is -2.18. The third kappa shape index (κ3) is 3.70. The second kappa shape index (κ2) is 6.71. The first-order chi connectivity index (χ1) is 9.60. The summed E-state index contributed by atoms with van der Waals surface area (Å²) in [5, 5.41) is 21.5. The van der Waals surface area contributed by atoms with Crippen LogP contribution in [0.15, 0.2) is 18.2 Å². The van der Waals surface area contributed by atoms with Gasteiger partial charge >= 0.3 is 0 Å². The molecule has 1 aromatic carbocycles. The van der Waals surface area contributed by atoms with Crippen molar-refractivity contribution >= 4 is 23.2 Å².